The van der Waals surface area contributed by atoms with Crippen LogP contribution in [0.15, 0.2) is 47.4 Å². The normalized spacial score (nSPS) is 26.4. The number of benzene rings is 1. The van der Waals surface area contributed by atoms with E-state index in [1.54, 1.807) is 32.0 Å². The van der Waals surface area contributed by atoms with Gasteiger partial charge in [-0.2, -0.15) is 5.09 Å². The summed E-state index contributed by atoms with van der Waals surface area (Å²) in [6.45, 7) is 5.21. The molecule has 6 atom stereocenters. The minimum Gasteiger partial charge on any atom is -0.462 e. The van der Waals surface area contributed by atoms with Crippen LogP contribution < -0.4 is 15.3 Å². The highest BCUT2D eigenvalue weighted by Crippen LogP contribution is 2.47. The predicted molar refractivity (Wildman–Crippen MR) is 130 cm³/mol. The number of rotatable bonds is 10. The molecule has 1 aromatic heterocycles. The first-order chi connectivity index (χ1) is 16.8. The van der Waals surface area contributed by atoms with Crippen LogP contribution in [0.2, 0.25) is 0 Å². The van der Waals surface area contributed by atoms with Crippen LogP contribution in [-0.2, 0) is 23.4 Å². The van der Waals surface area contributed by atoms with Crippen LogP contribution in [0.5, 0.6) is 5.75 Å². The van der Waals surface area contributed by atoms with Crippen molar-refractivity contribution >= 4 is 25.9 Å². The second kappa shape index (κ2) is 11.3. The Morgan fingerprint density at radius 2 is 2.00 bits per heavy atom. The summed E-state index contributed by atoms with van der Waals surface area (Å²) in [7, 11) is -4.28. The molecule has 0 spiro atoms. The summed E-state index contributed by atoms with van der Waals surface area (Å²) in [5.41, 5.74) is -3.15. The number of aromatic amines is 1. The first-order valence-electron chi connectivity index (χ1n) is 11.1. The number of alkyl halides is 1. The molecule has 2 heterocycles. The van der Waals surface area contributed by atoms with Crippen molar-refractivity contribution in [2.75, 3.05) is 6.61 Å². The van der Waals surface area contributed by atoms with E-state index in [0.29, 0.717) is 0 Å². The smallest absolute Gasteiger partial charge is 0.459 e. The van der Waals surface area contributed by atoms with Crippen LogP contribution in [0.25, 0.3) is 0 Å². The first kappa shape index (κ1) is 28.2. The van der Waals surface area contributed by atoms with Crippen molar-refractivity contribution in [3.63, 3.8) is 0 Å². The molecule has 14 heteroatoms. The van der Waals surface area contributed by atoms with Crippen LogP contribution in [0.4, 0.5) is 4.39 Å². The Morgan fingerprint density at radius 1 is 1.33 bits per heavy atom. The van der Waals surface area contributed by atoms with E-state index < -0.39 is 62.3 Å². The minimum atomic E-state index is -4.28. The number of nitrogens with one attached hydrogen (secondary N) is 2. The third kappa shape index (κ3) is 6.67. The summed E-state index contributed by atoms with van der Waals surface area (Å²) in [6.07, 6.45) is -3.79. The van der Waals surface area contributed by atoms with E-state index in [0.717, 1.165) is 11.5 Å². The molecule has 36 heavy (non-hydrogen) atoms. The molecular weight excluding hydrogens is 516 g/mol. The molecule has 1 saturated heterocycles. The van der Waals surface area contributed by atoms with Gasteiger partial charge in [0.15, 0.2) is 11.9 Å². The van der Waals surface area contributed by atoms with E-state index in [1.165, 1.54) is 31.3 Å². The van der Waals surface area contributed by atoms with Gasteiger partial charge in [-0.3, -0.25) is 18.9 Å². The second-order valence-corrected chi connectivity index (χ2v) is 10.8. The monoisotopic (exact) mass is 545 g/mol. The molecule has 3 rings (SSSR count). The zero-order valence-corrected chi connectivity index (χ0v) is 21.8. The number of aliphatic hydroxyl groups is 1. The van der Waals surface area contributed by atoms with Crippen LogP contribution in [0, 0.1) is 4.64 Å². The van der Waals surface area contributed by atoms with Gasteiger partial charge in [-0.15, -0.1) is 0 Å². The Morgan fingerprint density at radius 3 is 2.61 bits per heavy atom. The summed E-state index contributed by atoms with van der Waals surface area (Å²) < 4.78 is 51.9. The fraction of sp³-hybridized carbons (Fsp3) is 0.500. The third-order valence-corrected chi connectivity index (χ3v) is 7.14. The molecule has 1 aliphatic rings. The molecule has 1 aliphatic heterocycles. The maximum absolute atomic E-state index is 15.5. The zero-order chi connectivity index (χ0) is 26.7. The highest BCUT2D eigenvalue weighted by molar-refractivity contribution is 7.71. The molecule has 0 bridgehead atoms. The van der Waals surface area contributed by atoms with Gasteiger partial charge in [0.1, 0.15) is 28.6 Å². The molecule has 2 aromatic rings. The largest absolute Gasteiger partial charge is 0.462 e. The standard InChI is InChI=1S/C22H29FN3O8PS/c1-13(2)32-19(28)14(3)25-35(30,34-15-8-6-5-7-9-15)31-12-16-18(27)22(4,23)20(33-16)26-11-10-17(36)24-21(26)29/h5-11,13-14,16,18,20,27H,12H2,1-4H3,(H,25,30)(H,24,29,36)/t14-,16+,18-,20+,22?,35?/m0/s1. The van der Waals surface area contributed by atoms with Gasteiger partial charge in [0.25, 0.3) is 0 Å². The number of carbonyl (C=O) groups excluding carboxylic acids is 1. The number of esters is 1. The summed E-state index contributed by atoms with van der Waals surface area (Å²) in [4.78, 5) is 26.9. The lowest BCUT2D eigenvalue weighted by Crippen LogP contribution is -2.43. The van der Waals surface area contributed by atoms with Gasteiger partial charge in [0.2, 0.25) is 0 Å². The molecule has 0 saturated carbocycles. The van der Waals surface area contributed by atoms with Gasteiger partial charge >= 0.3 is 19.4 Å². The SMILES string of the molecule is CC(C)OC(=O)[C@H](C)NP(=O)(OC[C@H]1O[C@@H](n2ccc(=S)[nH]c2=O)C(C)(F)[C@H]1O)Oc1ccccc1. The highest BCUT2D eigenvalue weighted by atomic mass is 32.1. The van der Waals surface area contributed by atoms with Crippen molar-refractivity contribution in [1.82, 2.24) is 14.6 Å². The van der Waals surface area contributed by atoms with Crippen molar-refractivity contribution in [1.29, 1.82) is 0 Å². The molecule has 1 fully saturated rings. The van der Waals surface area contributed by atoms with Crippen LogP contribution in [0.1, 0.15) is 33.9 Å². The van der Waals surface area contributed by atoms with Gasteiger partial charge in [-0.25, -0.2) is 13.8 Å². The van der Waals surface area contributed by atoms with E-state index in [-0.39, 0.29) is 10.4 Å². The average Bonchev–Trinajstić information content (AvgIpc) is 3.01. The van der Waals surface area contributed by atoms with Gasteiger partial charge in [0.05, 0.1) is 12.7 Å². The summed E-state index contributed by atoms with van der Waals surface area (Å²) in [5, 5.41) is 13.1. The predicted octanol–water partition coefficient (Wildman–Crippen LogP) is 3.03. The molecule has 0 amide bonds. The van der Waals surface area contributed by atoms with Crippen molar-refractivity contribution in [2.24, 2.45) is 0 Å². The molecule has 0 aliphatic carbocycles. The van der Waals surface area contributed by atoms with Crippen molar-refractivity contribution in [3.8, 4) is 5.75 Å². The lowest BCUT2D eigenvalue weighted by Gasteiger charge is -2.25. The summed E-state index contributed by atoms with van der Waals surface area (Å²) in [5.74, 6) is -0.523. The zero-order valence-electron chi connectivity index (χ0n) is 20.1. The van der Waals surface area contributed by atoms with Crippen LogP contribution >= 0.6 is 20.0 Å². The van der Waals surface area contributed by atoms with E-state index >= 15 is 4.39 Å². The Labute approximate surface area is 212 Å². The molecule has 198 valence electrons. The number of aliphatic hydroxyl groups excluding tert-OH is 1. The number of H-pyrrole nitrogens is 1. The highest BCUT2D eigenvalue weighted by Gasteiger charge is 2.55. The second-order valence-electron chi connectivity index (χ2n) is 8.67. The first-order valence-corrected chi connectivity index (χ1v) is 13.1. The van der Waals surface area contributed by atoms with E-state index in [4.69, 9.17) is 30.7 Å². The van der Waals surface area contributed by atoms with Crippen LogP contribution in [-0.4, -0.2) is 57.3 Å². The minimum absolute atomic E-state index is 0.144. The van der Waals surface area contributed by atoms with Gasteiger partial charge in [-0.05, 0) is 45.9 Å². The number of ether oxygens (including phenoxy) is 2. The molecule has 3 N–H and O–H groups in total. The van der Waals surface area contributed by atoms with Gasteiger partial charge in [-0.1, -0.05) is 30.4 Å². The van der Waals surface area contributed by atoms with Crippen molar-refractivity contribution in [2.45, 2.75) is 63.9 Å². The molecule has 11 nitrogen and oxygen atoms in total. The van der Waals surface area contributed by atoms with E-state index in [2.05, 4.69) is 10.1 Å². The molecule has 2 unspecified atom stereocenters. The van der Waals surface area contributed by atoms with Crippen LogP contribution in [0.3, 0.4) is 0 Å². The summed E-state index contributed by atoms with van der Waals surface area (Å²) >= 11 is 4.89. The fourth-order valence-corrected chi connectivity index (χ4v) is 5.12. The molecule has 1 aromatic carbocycles. The van der Waals surface area contributed by atoms with Gasteiger partial charge in [0, 0.05) is 6.20 Å². The lowest BCUT2D eigenvalue weighted by molar-refractivity contribution is -0.149. The maximum atomic E-state index is 15.5. The van der Waals surface area contributed by atoms with E-state index in [9.17, 15) is 19.3 Å². The number of aromatic nitrogens is 2. The Bertz CT molecular complexity index is 1220. The lowest BCUT2D eigenvalue weighted by atomic mass is 9.98. The number of para-hydroxylation sites is 1. The Balaban J connectivity index is 1.80. The number of halogens is 1. The number of carbonyl (C=O) groups is 1. The molecular formula is C22H29FN3O8PS. The Hall–Kier alpha value is -2.41. The van der Waals surface area contributed by atoms with Crippen molar-refractivity contribution in [3.05, 3.63) is 57.7 Å². The number of hydrogen-bond donors (Lipinski definition) is 3. The third-order valence-electron chi connectivity index (χ3n) is 5.26. The van der Waals surface area contributed by atoms with Crippen molar-refractivity contribution < 1.29 is 37.4 Å². The fourth-order valence-electron chi connectivity index (χ4n) is 3.47. The van der Waals surface area contributed by atoms with Gasteiger partial charge < -0.3 is 19.1 Å². The molecule has 0 radical (unpaired) electrons. The number of nitrogens with zero attached hydrogens (tertiary/aromatic N) is 1. The Kier molecular flexibility index (Phi) is 8.86. The summed E-state index contributed by atoms with van der Waals surface area (Å²) in [6, 6.07) is 8.32. The average molecular weight is 546 g/mol. The topological polar surface area (TPSA) is 141 Å². The maximum Gasteiger partial charge on any atom is 0.459 e. The number of hydrogen-bond acceptors (Lipinski definition) is 9. The van der Waals surface area contributed by atoms with E-state index in [1.807, 2.05) is 0 Å². The quantitative estimate of drug-likeness (QED) is 0.232.